The number of benzene rings is 1. The molecule has 0 atom stereocenters. The van der Waals surface area contributed by atoms with Crippen LogP contribution in [0.15, 0.2) is 27.9 Å². The zero-order chi connectivity index (χ0) is 21.2. The van der Waals surface area contributed by atoms with E-state index >= 15 is 0 Å². The molecule has 2 heterocycles. The number of hydrogen-bond donors (Lipinski definition) is 1. The molecule has 3 aliphatic rings. The second-order valence-corrected chi connectivity index (χ2v) is 10.7. The third-order valence-corrected chi connectivity index (χ3v) is 8.12. The van der Waals surface area contributed by atoms with Crippen LogP contribution in [0.2, 0.25) is 5.02 Å². The van der Waals surface area contributed by atoms with Gasteiger partial charge >= 0.3 is 5.97 Å². The van der Waals surface area contributed by atoms with Gasteiger partial charge in [-0.05, 0) is 49.3 Å². The minimum atomic E-state index is -3.75. The fourth-order valence-electron chi connectivity index (χ4n) is 4.17. The summed E-state index contributed by atoms with van der Waals surface area (Å²) in [6.45, 7) is 0.490. The summed E-state index contributed by atoms with van der Waals surface area (Å²) in [6.07, 6.45) is 4.84. The molecule has 2 aliphatic carbocycles. The molecule has 2 fully saturated rings. The summed E-state index contributed by atoms with van der Waals surface area (Å²) < 4.78 is 33.3. The van der Waals surface area contributed by atoms with Gasteiger partial charge in [-0.1, -0.05) is 18.0 Å². The van der Waals surface area contributed by atoms with E-state index in [1.807, 2.05) is 0 Å². The van der Waals surface area contributed by atoms with Crippen molar-refractivity contribution in [2.45, 2.75) is 48.8 Å². The minimum Gasteiger partial charge on any atom is -0.492 e. The molecule has 0 unspecified atom stereocenters. The van der Waals surface area contributed by atoms with Gasteiger partial charge in [-0.15, -0.1) is 0 Å². The van der Waals surface area contributed by atoms with E-state index < -0.39 is 26.9 Å². The van der Waals surface area contributed by atoms with E-state index in [2.05, 4.69) is 0 Å². The first kappa shape index (κ1) is 19.6. The Labute approximate surface area is 178 Å². The second-order valence-electron chi connectivity index (χ2n) is 8.29. The average molecular weight is 450 g/mol. The number of nitrogens with zero attached hydrogens (tertiary/aromatic N) is 1. The van der Waals surface area contributed by atoms with E-state index in [1.54, 1.807) is 0 Å². The lowest BCUT2D eigenvalue weighted by atomic mass is 9.86. The molecule has 1 aromatic carbocycles. The van der Waals surface area contributed by atoms with Crippen molar-refractivity contribution in [1.29, 1.82) is 0 Å². The summed E-state index contributed by atoms with van der Waals surface area (Å²) in [6, 6.07) is 4.03. The van der Waals surface area contributed by atoms with Crippen LogP contribution in [-0.2, 0) is 15.6 Å². The molecule has 30 heavy (non-hydrogen) atoms. The molecule has 7 nitrogen and oxygen atoms in total. The summed E-state index contributed by atoms with van der Waals surface area (Å²) in [4.78, 5) is 24.5. The Hall–Kier alpha value is -2.32. The third kappa shape index (κ3) is 3.13. The Morgan fingerprint density at radius 3 is 2.53 bits per heavy atom. The highest BCUT2D eigenvalue weighted by Gasteiger charge is 2.37. The Morgan fingerprint density at radius 2 is 1.93 bits per heavy atom. The number of halogens is 1. The Balaban J connectivity index is 1.70. The van der Waals surface area contributed by atoms with Crippen LogP contribution in [-0.4, -0.2) is 30.7 Å². The second kappa shape index (κ2) is 6.85. The first-order valence-corrected chi connectivity index (χ1v) is 12.0. The van der Waals surface area contributed by atoms with Crippen molar-refractivity contribution in [3.05, 3.63) is 44.7 Å². The molecule has 0 bridgehead atoms. The normalized spacial score (nSPS) is 19.5. The molecule has 0 amide bonds. The van der Waals surface area contributed by atoms with Gasteiger partial charge in [-0.25, -0.2) is 13.2 Å². The van der Waals surface area contributed by atoms with Crippen LogP contribution < -0.4 is 10.3 Å². The number of rotatable bonds is 5. The van der Waals surface area contributed by atoms with Gasteiger partial charge in [0.2, 0.25) is 0 Å². The summed E-state index contributed by atoms with van der Waals surface area (Å²) in [5, 5.41) is 9.70. The van der Waals surface area contributed by atoms with Crippen LogP contribution in [0.4, 0.5) is 0 Å². The number of pyridine rings is 1. The molecule has 0 spiro atoms. The number of carboxylic acid groups (broad SMARTS) is 1. The Bertz CT molecular complexity index is 1240. The molecule has 2 aromatic rings. The summed E-state index contributed by atoms with van der Waals surface area (Å²) in [5.41, 5.74) is 0.0647. The SMILES string of the molecule is O=C(O)c1cc2c(n(C3CC3)c1=O)-c1cc(Cl)c(OCC3CCC3)cc1S(=O)(=O)C2. The molecule has 1 aromatic heterocycles. The minimum absolute atomic E-state index is 0.0693. The Morgan fingerprint density at radius 1 is 1.20 bits per heavy atom. The van der Waals surface area contributed by atoms with Crippen LogP contribution in [0.3, 0.4) is 0 Å². The number of carbonyl (C=O) groups is 1. The highest BCUT2D eigenvalue weighted by atomic mass is 35.5. The van der Waals surface area contributed by atoms with Gasteiger partial charge in [0.25, 0.3) is 5.56 Å². The predicted molar refractivity (Wildman–Crippen MR) is 110 cm³/mol. The molecule has 0 radical (unpaired) electrons. The van der Waals surface area contributed by atoms with Gasteiger partial charge in [0.05, 0.1) is 28.0 Å². The number of hydrogen-bond acceptors (Lipinski definition) is 5. The molecule has 1 N–H and O–H groups in total. The van der Waals surface area contributed by atoms with Gasteiger partial charge in [0.15, 0.2) is 9.84 Å². The Kier molecular flexibility index (Phi) is 4.48. The molecule has 158 valence electrons. The van der Waals surface area contributed by atoms with Crippen molar-refractivity contribution in [3.63, 3.8) is 0 Å². The summed E-state index contributed by atoms with van der Waals surface area (Å²) in [5.74, 6) is -0.953. The maximum Gasteiger partial charge on any atom is 0.341 e. The van der Waals surface area contributed by atoms with Crippen molar-refractivity contribution < 1.29 is 23.1 Å². The predicted octanol–water partition coefficient (Wildman–Crippen LogP) is 3.67. The number of sulfone groups is 1. The van der Waals surface area contributed by atoms with E-state index in [4.69, 9.17) is 16.3 Å². The summed E-state index contributed by atoms with van der Waals surface area (Å²) >= 11 is 6.43. The molecule has 5 rings (SSSR count). The van der Waals surface area contributed by atoms with E-state index in [0.717, 1.165) is 25.7 Å². The third-order valence-electron chi connectivity index (χ3n) is 6.12. The topological polar surface area (TPSA) is 103 Å². The van der Waals surface area contributed by atoms with Gasteiger partial charge in [-0.2, -0.15) is 0 Å². The fraction of sp³-hybridized carbons (Fsp3) is 0.429. The number of fused-ring (bicyclic) bond motifs is 3. The maximum absolute atomic E-state index is 13.0. The van der Waals surface area contributed by atoms with Crippen molar-refractivity contribution in [2.75, 3.05) is 6.61 Å². The number of aromatic carboxylic acids is 1. The first-order chi connectivity index (χ1) is 14.3. The van der Waals surface area contributed by atoms with Crippen LogP contribution in [0.25, 0.3) is 11.3 Å². The average Bonchev–Trinajstić information content (AvgIpc) is 3.45. The quantitative estimate of drug-likeness (QED) is 0.747. The van der Waals surface area contributed by atoms with E-state index in [1.165, 1.54) is 29.2 Å². The van der Waals surface area contributed by atoms with Gasteiger partial charge < -0.3 is 14.4 Å². The number of carboxylic acids is 1. The van der Waals surface area contributed by atoms with E-state index in [-0.39, 0.29) is 21.7 Å². The summed E-state index contributed by atoms with van der Waals surface area (Å²) in [7, 11) is -3.75. The number of ether oxygens (including phenoxy) is 1. The van der Waals surface area contributed by atoms with Crippen molar-refractivity contribution >= 4 is 27.4 Å². The van der Waals surface area contributed by atoms with Gasteiger partial charge in [0.1, 0.15) is 11.3 Å². The molecular weight excluding hydrogens is 430 g/mol. The zero-order valence-corrected chi connectivity index (χ0v) is 17.6. The van der Waals surface area contributed by atoms with Crippen molar-refractivity contribution in [1.82, 2.24) is 4.57 Å². The van der Waals surface area contributed by atoms with Crippen molar-refractivity contribution in [2.24, 2.45) is 5.92 Å². The maximum atomic E-state index is 13.0. The van der Waals surface area contributed by atoms with Gasteiger partial charge in [-0.3, -0.25) is 4.79 Å². The van der Waals surface area contributed by atoms with Gasteiger partial charge in [0, 0.05) is 17.7 Å². The van der Waals surface area contributed by atoms with Crippen LogP contribution in [0.1, 0.15) is 54.1 Å². The van der Waals surface area contributed by atoms with Crippen LogP contribution in [0, 0.1) is 5.92 Å². The van der Waals surface area contributed by atoms with Crippen LogP contribution >= 0.6 is 11.6 Å². The lowest BCUT2D eigenvalue weighted by molar-refractivity contribution is 0.0694. The molecule has 2 saturated carbocycles. The zero-order valence-electron chi connectivity index (χ0n) is 16.1. The van der Waals surface area contributed by atoms with Crippen molar-refractivity contribution in [3.8, 4) is 17.0 Å². The number of aromatic nitrogens is 1. The fourth-order valence-corrected chi connectivity index (χ4v) is 5.96. The van der Waals surface area contributed by atoms with E-state index in [9.17, 15) is 23.1 Å². The van der Waals surface area contributed by atoms with E-state index in [0.29, 0.717) is 35.1 Å². The standard InChI is InChI=1S/C21H20ClNO6S/c22-16-7-14-18(8-17(16)29-9-11-2-1-3-11)30(27,28)10-12-6-15(21(25)26)20(24)23(19(12)14)13-4-5-13/h6-8,11,13H,1-5,9-10H2,(H,25,26). The lowest BCUT2D eigenvalue weighted by Gasteiger charge is -2.27. The highest BCUT2D eigenvalue weighted by Crippen LogP contribution is 2.46. The first-order valence-electron chi connectivity index (χ1n) is 9.97. The smallest absolute Gasteiger partial charge is 0.341 e. The van der Waals surface area contributed by atoms with Crippen LogP contribution in [0.5, 0.6) is 5.75 Å². The molecule has 1 aliphatic heterocycles. The molecule has 9 heteroatoms. The molecular formula is C21H20ClNO6S. The largest absolute Gasteiger partial charge is 0.492 e. The lowest BCUT2D eigenvalue weighted by Crippen LogP contribution is -2.30. The monoisotopic (exact) mass is 449 g/mol. The molecule has 0 saturated heterocycles. The highest BCUT2D eigenvalue weighted by molar-refractivity contribution is 7.90.